The van der Waals surface area contributed by atoms with Gasteiger partial charge in [0.05, 0.1) is 16.6 Å². The highest BCUT2D eigenvalue weighted by Gasteiger charge is 2.15. The van der Waals surface area contributed by atoms with Gasteiger partial charge in [0.2, 0.25) is 0 Å². The molecular formula is C29H26ClFN4O2S. The average molecular weight is 549 g/mol. The summed E-state index contributed by atoms with van der Waals surface area (Å²) in [6.45, 7) is 0.213. The van der Waals surface area contributed by atoms with Gasteiger partial charge in [0.15, 0.2) is 0 Å². The summed E-state index contributed by atoms with van der Waals surface area (Å²) in [7, 11) is 1.93. The number of rotatable bonds is 10. The molecule has 5 rings (SSSR count). The summed E-state index contributed by atoms with van der Waals surface area (Å²) in [5.74, 6) is 3.44. The molecule has 0 spiro atoms. The quantitative estimate of drug-likeness (QED) is 0.186. The van der Waals surface area contributed by atoms with E-state index in [4.69, 9.17) is 20.8 Å². The average Bonchev–Trinajstić information content (AvgIpc) is 3.41. The maximum atomic E-state index is 13.4. The van der Waals surface area contributed by atoms with Crippen LogP contribution in [0, 0.1) is 5.82 Å². The van der Waals surface area contributed by atoms with Crippen molar-refractivity contribution in [3.8, 4) is 17.1 Å². The zero-order chi connectivity index (χ0) is 26.5. The molecule has 2 heterocycles. The van der Waals surface area contributed by atoms with Crippen molar-refractivity contribution in [3.05, 3.63) is 101 Å². The number of hydrogen-bond donors (Lipinski definition) is 2. The van der Waals surface area contributed by atoms with E-state index in [1.54, 1.807) is 36.0 Å². The van der Waals surface area contributed by atoms with Crippen LogP contribution >= 0.6 is 23.4 Å². The number of furan rings is 1. The molecule has 2 aromatic heterocycles. The van der Waals surface area contributed by atoms with Gasteiger partial charge in [0.25, 0.3) is 0 Å². The molecule has 0 aliphatic carbocycles. The van der Waals surface area contributed by atoms with Gasteiger partial charge in [-0.25, -0.2) is 14.4 Å². The van der Waals surface area contributed by atoms with Crippen LogP contribution in [0.25, 0.3) is 22.2 Å². The first-order chi connectivity index (χ1) is 18.5. The van der Waals surface area contributed by atoms with Gasteiger partial charge in [-0.15, -0.1) is 0 Å². The number of nitrogens with zero attached hydrogens (tertiary/aromatic N) is 2. The Morgan fingerprint density at radius 1 is 1.05 bits per heavy atom. The topological polar surface area (TPSA) is 72.2 Å². The number of hydrogen-bond acceptors (Lipinski definition) is 7. The molecular weight excluding hydrogens is 523 g/mol. The molecule has 5 aromatic rings. The number of anilines is 2. The van der Waals surface area contributed by atoms with E-state index in [1.807, 2.05) is 43.4 Å². The summed E-state index contributed by atoms with van der Waals surface area (Å²) >= 11 is 8.25. The number of fused-ring (bicyclic) bond motifs is 1. The van der Waals surface area contributed by atoms with E-state index in [-0.39, 0.29) is 18.5 Å². The molecule has 0 saturated carbocycles. The number of thioether (sulfide) groups is 1. The standard InChI is InChI=1S/C29H26ClFN4O2S/c1-32-25(16-38-2)28-11-10-26(37-28)19-6-8-24-22(13-19)29(34-17-33-24)35-21-7-9-27(23(30)14-21)36-15-18-4-3-5-20(31)12-18/h3-14,17,25,32H,15-16H2,1-2H3,(H,33,34,35)/t25-/m1/s1. The Morgan fingerprint density at radius 2 is 1.95 bits per heavy atom. The molecule has 0 aliphatic rings. The van der Waals surface area contributed by atoms with Crippen LogP contribution < -0.4 is 15.4 Å². The zero-order valence-electron chi connectivity index (χ0n) is 20.9. The Kier molecular flexibility index (Phi) is 8.12. The first-order valence-electron chi connectivity index (χ1n) is 12.0. The first kappa shape index (κ1) is 26.0. The number of benzene rings is 3. The first-order valence-corrected chi connectivity index (χ1v) is 13.8. The highest BCUT2D eigenvalue weighted by atomic mass is 35.5. The number of halogens is 2. The Bertz CT molecular complexity index is 1560. The van der Waals surface area contributed by atoms with Crippen molar-refractivity contribution in [2.45, 2.75) is 12.6 Å². The van der Waals surface area contributed by atoms with Crippen LogP contribution in [0.1, 0.15) is 17.4 Å². The predicted octanol–water partition coefficient (Wildman–Crippen LogP) is 7.63. The number of nitrogens with one attached hydrogen (secondary N) is 2. The second-order valence-electron chi connectivity index (χ2n) is 8.64. The van der Waals surface area contributed by atoms with Gasteiger partial charge in [-0.1, -0.05) is 23.7 Å². The van der Waals surface area contributed by atoms with E-state index in [9.17, 15) is 4.39 Å². The molecule has 0 aliphatic heterocycles. The van der Waals surface area contributed by atoms with Crippen molar-refractivity contribution >= 4 is 45.8 Å². The van der Waals surface area contributed by atoms with E-state index in [1.165, 1.54) is 18.5 Å². The summed E-state index contributed by atoms with van der Waals surface area (Å²) in [6, 6.07) is 21.8. The van der Waals surface area contributed by atoms with Crippen molar-refractivity contribution in [2.75, 3.05) is 24.4 Å². The van der Waals surface area contributed by atoms with Crippen LogP contribution in [0.4, 0.5) is 15.9 Å². The maximum absolute atomic E-state index is 13.4. The third kappa shape index (κ3) is 5.93. The van der Waals surface area contributed by atoms with Gasteiger partial charge in [-0.2, -0.15) is 11.8 Å². The van der Waals surface area contributed by atoms with Crippen molar-refractivity contribution < 1.29 is 13.5 Å². The predicted molar refractivity (Wildman–Crippen MR) is 153 cm³/mol. The third-order valence-corrected chi connectivity index (χ3v) is 7.01. The van der Waals surface area contributed by atoms with Crippen LogP contribution in [0.3, 0.4) is 0 Å². The lowest BCUT2D eigenvalue weighted by Gasteiger charge is -2.13. The summed E-state index contributed by atoms with van der Waals surface area (Å²) < 4.78 is 25.4. The maximum Gasteiger partial charge on any atom is 0.141 e. The lowest BCUT2D eigenvalue weighted by molar-refractivity contribution is 0.306. The van der Waals surface area contributed by atoms with Crippen LogP contribution in [0.5, 0.6) is 5.75 Å². The zero-order valence-corrected chi connectivity index (χ0v) is 22.4. The molecule has 0 radical (unpaired) electrons. The molecule has 0 saturated heterocycles. The smallest absolute Gasteiger partial charge is 0.141 e. The van der Waals surface area contributed by atoms with E-state index in [2.05, 4.69) is 26.9 Å². The molecule has 6 nitrogen and oxygen atoms in total. The van der Waals surface area contributed by atoms with Gasteiger partial charge < -0.3 is 19.8 Å². The largest absolute Gasteiger partial charge is 0.487 e. The monoisotopic (exact) mass is 548 g/mol. The molecule has 0 amide bonds. The van der Waals surface area contributed by atoms with Crippen LogP contribution in [0.15, 0.2) is 83.5 Å². The SMILES string of the molecule is CN[C@H](CSC)c1ccc(-c2ccc3ncnc(Nc4ccc(OCc5cccc(F)c5)c(Cl)c4)c3c2)o1. The van der Waals surface area contributed by atoms with Gasteiger partial charge in [-0.05, 0) is 79.5 Å². The summed E-state index contributed by atoms with van der Waals surface area (Å²) in [6.07, 6.45) is 3.60. The molecule has 0 bridgehead atoms. The van der Waals surface area contributed by atoms with E-state index < -0.39 is 0 Å². The van der Waals surface area contributed by atoms with Gasteiger partial charge in [0, 0.05) is 22.4 Å². The Hall–Kier alpha value is -3.59. The Labute approximate surface area is 229 Å². The molecule has 0 unspecified atom stereocenters. The van der Waals surface area contributed by atoms with Crippen molar-refractivity contribution in [1.82, 2.24) is 15.3 Å². The normalized spacial score (nSPS) is 12.0. The summed E-state index contributed by atoms with van der Waals surface area (Å²) in [4.78, 5) is 8.88. The van der Waals surface area contributed by atoms with Crippen LogP contribution in [0.2, 0.25) is 5.02 Å². The minimum atomic E-state index is -0.303. The van der Waals surface area contributed by atoms with Gasteiger partial charge in [-0.3, -0.25) is 0 Å². The van der Waals surface area contributed by atoms with Crippen LogP contribution in [-0.4, -0.2) is 29.0 Å². The fourth-order valence-corrected chi connectivity index (χ4v) is 5.00. The molecule has 38 heavy (non-hydrogen) atoms. The second-order valence-corrected chi connectivity index (χ2v) is 9.96. The molecule has 2 N–H and O–H groups in total. The minimum absolute atomic E-state index is 0.144. The van der Waals surface area contributed by atoms with Gasteiger partial charge in [0.1, 0.15) is 41.8 Å². The fourth-order valence-electron chi connectivity index (χ4n) is 4.10. The van der Waals surface area contributed by atoms with E-state index >= 15 is 0 Å². The summed E-state index contributed by atoms with van der Waals surface area (Å²) in [5, 5.41) is 7.91. The number of ether oxygens (including phenoxy) is 1. The third-order valence-electron chi connectivity index (χ3n) is 6.05. The van der Waals surface area contributed by atoms with E-state index in [0.717, 1.165) is 45.0 Å². The molecule has 1 atom stereocenters. The highest BCUT2D eigenvalue weighted by Crippen LogP contribution is 2.33. The van der Waals surface area contributed by atoms with Crippen molar-refractivity contribution in [3.63, 3.8) is 0 Å². The van der Waals surface area contributed by atoms with Crippen molar-refractivity contribution in [1.29, 1.82) is 0 Å². The lowest BCUT2D eigenvalue weighted by Crippen LogP contribution is -2.17. The number of aromatic nitrogens is 2. The highest BCUT2D eigenvalue weighted by molar-refractivity contribution is 7.98. The molecule has 0 fully saturated rings. The molecule has 194 valence electrons. The molecule has 9 heteroatoms. The van der Waals surface area contributed by atoms with Crippen molar-refractivity contribution in [2.24, 2.45) is 0 Å². The fraction of sp³-hybridized carbons (Fsp3) is 0.172. The van der Waals surface area contributed by atoms with E-state index in [0.29, 0.717) is 16.6 Å². The molecule has 3 aromatic carbocycles. The second kappa shape index (κ2) is 11.9. The summed E-state index contributed by atoms with van der Waals surface area (Å²) in [5.41, 5.74) is 3.20. The Morgan fingerprint density at radius 3 is 2.74 bits per heavy atom. The van der Waals surface area contributed by atoms with Gasteiger partial charge >= 0.3 is 0 Å². The van der Waals surface area contributed by atoms with Crippen LogP contribution in [-0.2, 0) is 6.61 Å². The lowest BCUT2D eigenvalue weighted by atomic mass is 10.1. The Balaban J connectivity index is 1.36. The minimum Gasteiger partial charge on any atom is -0.487 e.